The number of hydrogen-bond donors (Lipinski definition) is 0. The summed E-state index contributed by atoms with van der Waals surface area (Å²) in [5.74, 6) is 1.40. The van der Waals surface area contributed by atoms with Crippen LogP contribution in [0.2, 0.25) is 0 Å². The molecule has 1 aliphatic rings. The fraction of sp³-hybridized carbons (Fsp3) is 0.769. The van der Waals surface area contributed by atoms with Gasteiger partial charge in [-0.25, -0.2) is 4.98 Å². The van der Waals surface area contributed by atoms with Gasteiger partial charge in [-0.05, 0) is 32.2 Å². The van der Waals surface area contributed by atoms with Crippen LogP contribution in [0, 0.1) is 5.92 Å². The molecule has 1 aliphatic heterocycles. The van der Waals surface area contributed by atoms with Crippen molar-refractivity contribution in [3.63, 3.8) is 0 Å². The summed E-state index contributed by atoms with van der Waals surface area (Å²) in [6.45, 7) is 7.02. The van der Waals surface area contributed by atoms with Gasteiger partial charge in [-0.1, -0.05) is 13.3 Å². The molecule has 2 nitrogen and oxygen atoms in total. The molecule has 0 radical (unpaired) electrons. The number of thiazole rings is 1. The van der Waals surface area contributed by atoms with Gasteiger partial charge in [0.1, 0.15) is 5.01 Å². The zero-order chi connectivity index (χ0) is 12.3. The van der Waals surface area contributed by atoms with E-state index in [1.54, 1.807) is 11.3 Å². The third-order valence-electron chi connectivity index (χ3n) is 3.74. The van der Waals surface area contributed by atoms with Crippen molar-refractivity contribution < 1.29 is 0 Å². The van der Waals surface area contributed by atoms with E-state index < -0.39 is 0 Å². The Morgan fingerprint density at radius 2 is 2.47 bits per heavy atom. The average Bonchev–Trinajstić information content (AvgIpc) is 2.86. The highest BCUT2D eigenvalue weighted by molar-refractivity contribution is 7.09. The van der Waals surface area contributed by atoms with Gasteiger partial charge in [0.25, 0.3) is 0 Å². The number of alkyl halides is 1. The van der Waals surface area contributed by atoms with Gasteiger partial charge in [0, 0.05) is 11.9 Å². The van der Waals surface area contributed by atoms with Crippen LogP contribution in [0.25, 0.3) is 0 Å². The van der Waals surface area contributed by atoms with Gasteiger partial charge in [0.2, 0.25) is 0 Å². The molecule has 0 N–H and O–H groups in total. The Morgan fingerprint density at radius 1 is 1.65 bits per heavy atom. The van der Waals surface area contributed by atoms with Crippen molar-refractivity contribution in [2.75, 3.05) is 13.1 Å². The molecule has 2 atom stereocenters. The first-order valence-corrected chi connectivity index (χ1v) is 7.90. The number of piperidine rings is 1. The Bertz CT molecular complexity index is 353. The molecule has 0 saturated carbocycles. The highest BCUT2D eigenvalue weighted by Crippen LogP contribution is 2.29. The van der Waals surface area contributed by atoms with E-state index >= 15 is 0 Å². The lowest BCUT2D eigenvalue weighted by Gasteiger charge is -2.35. The quantitative estimate of drug-likeness (QED) is 0.769. The molecule has 1 fully saturated rings. The summed E-state index contributed by atoms with van der Waals surface area (Å²) >= 11 is 7.55. The first-order chi connectivity index (χ1) is 8.24. The summed E-state index contributed by atoms with van der Waals surface area (Å²) in [4.78, 5) is 7.18. The first-order valence-electron chi connectivity index (χ1n) is 6.49. The predicted molar refractivity (Wildman–Crippen MR) is 74.7 cm³/mol. The summed E-state index contributed by atoms with van der Waals surface area (Å²) in [5, 5.41) is 3.30. The average molecular weight is 273 g/mol. The highest BCUT2D eigenvalue weighted by atomic mass is 35.5. The highest BCUT2D eigenvalue weighted by Gasteiger charge is 2.24. The third-order valence-corrected chi connectivity index (χ3v) is 5.08. The normalized spacial score (nSPS) is 23.8. The van der Waals surface area contributed by atoms with E-state index in [2.05, 4.69) is 29.1 Å². The SMILES string of the molecule is CCC1CCCN(C(C)c2nc(CCl)cs2)C1. The van der Waals surface area contributed by atoms with Crippen LogP contribution < -0.4 is 0 Å². The van der Waals surface area contributed by atoms with Crippen LogP contribution in [-0.4, -0.2) is 23.0 Å². The van der Waals surface area contributed by atoms with Gasteiger partial charge in [0.15, 0.2) is 0 Å². The van der Waals surface area contributed by atoms with Gasteiger partial charge in [-0.3, -0.25) is 4.90 Å². The molecular weight excluding hydrogens is 252 g/mol. The Balaban J connectivity index is 2.00. The number of hydrogen-bond acceptors (Lipinski definition) is 3. The van der Waals surface area contributed by atoms with E-state index in [0.29, 0.717) is 11.9 Å². The lowest BCUT2D eigenvalue weighted by molar-refractivity contribution is 0.129. The van der Waals surface area contributed by atoms with Crippen molar-refractivity contribution in [1.82, 2.24) is 9.88 Å². The van der Waals surface area contributed by atoms with E-state index in [4.69, 9.17) is 11.6 Å². The second kappa shape index (κ2) is 6.17. The van der Waals surface area contributed by atoms with Gasteiger partial charge < -0.3 is 0 Å². The molecule has 17 heavy (non-hydrogen) atoms. The third kappa shape index (κ3) is 3.21. The standard InChI is InChI=1S/C13H21ClN2S/c1-3-11-5-4-6-16(8-11)10(2)13-15-12(7-14)9-17-13/h9-11H,3-8H2,1-2H3. The zero-order valence-electron chi connectivity index (χ0n) is 10.7. The van der Waals surface area contributed by atoms with E-state index in [9.17, 15) is 0 Å². The zero-order valence-corrected chi connectivity index (χ0v) is 12.2. The van der Waals surface area contributed by atoms with Crippen LogP contribution in [0.3, 0.4) is 0 Å². The number of rotatable bonds is 4. The maximum absolute atomic E-state index is 5.81. The van der Waals surface area contributed by atoms with Crippen molar-refractivity contribution in [1.29, 1.82) is 0 Å². The van der Waals surface area contributed by atoms with Crippen molar-refractivity contribution in [2.45, 2.75) is 45.0 Å². The fourth-order valence-electron chi connectivity index (χ4n) is 2.51. The summed E-state index contributed by atoms with van der Waals surface area (Å²) in [6, 6.07) is 0.450. The Labute approximate surface area is 113 Å². The molecule has 1 aromatic heterocycles. The largest absolute Gasteiger partial charge is 0.294 e. The van der Waals surface area contributed by atoms with Crippen molar-refractivity contribution in [3.05, 3.63) is 16.1 Å². The minimum Gasteiger partial charge on any atom is -0.294 e. The number of likely N-dealkylation sites (tertiary alicyclic amines) is 1. The summed E-state index contributed by atoms with van der Waals surface area (Å²) in [5.41, 5.74) is 1.02. The van der Waals surface area contributed by atoms with Crippen molar-refractivity contribution >= 4 is 22.9 Å². The number of aromatic nitrogens is 1. The van der Waals surface area contributed by atoms with Crippen LogP contribution in [0.4, 0.5) is 0 Å². The van der Waals surface area contributed by atoms with Crippen molar-refractivity contribution in [2.24, 2.45) is 5.92 Å². The maximum Gasteiger partial charge on any atom is 0.110 e. The summed E-state index contributed by atoms with van der Waals surface area (Å²) in [7, 11) is 0. The summed E-state index contributed by atoms with van der Waals surface area (Å²) < 4.78 is 0. The minimum absolute atomic E-state index is 0.450. The second-order valence-corrected chi connectivity index (χ2v) is 6.06. The Kier molecular flexibility index (Phi) is 4.83. The molecule has 1 saturated heterocycles. The van der Waals surface area contributed by atoms with E-state index in [0.717, 1.165) is 11.6 Å². The molecule has 0 aliphatic carbocycles. The Hall–Kier alpha value is -0.120. The van der Waals surface area contributed by atoms with Gasteiger partial charge in [0.05, 0.1) is 17.6 Å². The molecule has 1 aromatic rings. The molecule has 2 heterocycles. The molecule has 0 spiro atoms. The first kappa shape index (κ1) is 13.3. The van der Waals surface area contributed by atoms with Gasteiger partial charge >= 0.3 is 0 Å². The smallest absolute Gasteiger partial charge is 0.110 e. The van der Waals surface area contributed by atoms with Crippen LogP contribution in [0.5, 0.6) is 0 Å². The monoisotopic (exact) mass is 272 g/mol. The van der Waals surface area contributed by atoms with Gasteiger partial charge in [-0.15, -0.1) is 22.9 Å². The molecule has 96 valence electrons. The topological polar surface area (TPSA) is 16.1 Å². The number of nitrogens with zero attached hydrogens (tertiary/aromatic N) is 2. The molecule has 2 rings (SSSR count). The van der Waals surface area contributed by atoms with Crippen LogP contribution in [-0.2, 0) is 5.88 Å². The lowest BCUT2D eigenvalue weighted by atomic mass is 9.95. The molecule has 0 amide bonds. The van der Waals surface area contributed by atoms with Gasteiger partial charge in [-0.2, -0.15) is 0 Å². The molecule has 0 bridgehead atoms. The van der Waals surface area contributed by atoms with Crippen LogP contribution in [0.15, 0.2) is 5.38 Å². The fourth-order valence-corrected chi connectivity index (χ4v) is 3.65. The maximum atomic E-state index is 5.81. The van der Waals surface area contributed by atoms with Crippen molar-refractivity contribution in [3.8, 4) is 0 Å². The van der Waals surface area contributed by atoms with E-state index in [1.165, 1.54) is 37.4 Å². The van der Waals surface area contributed by atoms with Crippen LogP contribution in [0.1, 0.15) is 49.9 Å². The minimum atomic E-state index is 0.450. The van der Waals surface area contributed by atoms with E-state index in [1.807, 2.05) is 0 Å². The summed E-state index contributed by atoms with van der Waals surface area (Å²) in [6.07, 6.45) is 4.02. The number of halogens is 1. The Morgan fingerprint density at radius 3 is 3.12 bits per heavy atom. The van der Waals surface area contributed by atoms with Crippen LogP contribution >= 0.6 is 22.9 Å². The molecule has 4 heteroatoms. The second-order valence-electron chi connectivity index (χ2n) is 4.90. The molecular formula is C13H21ClN2S. The predicted octanol–water partition coefficient (Wildman–Crippen LogP) is 4.06. The lowest BCUT2D eigenvalue weighted by Crippen LogP contribution is -2.37. The molecule has 0 aromatic carbocycles. The molecule has 2 unspecified atom stereocenters. The van der Waals surface area contributed by atoms with E-state index in [-0.39, 0.29) is 0 Å².